The van der Waals surface area contributed by atoms with Crippen molar-refractivity contribution in [1.82, 2.24) is 10.6 Å². The Balaban J connectivity index is 1.51. The van der Waals surface area contributed by atoms with Gasteiger partial charge in [-0.2, -0.15) is 0 Å². The van der Waals surface area contributed by atoms with E-state index in [-0.39, 0.29) is 24.2 Å². The third kappa shape index (κ3) is 4.49. The number of rotatable bonds is 6. The van der Waals surface area contributed by atoms with E-state index in [1.807, 2.05) is 0 Å². The second kappa shape index (κ2) is 7.98. The van der Waals surface area contributed by atoms with Gasteiger partial charge in [0.2, 0.25) is 12.0 Å². The summed E-state index contributed by atoms with van der Waals surface area (Å²) in [5, 5.41) is 8.79. The number of oxime groups is 1. The lowest BCUT2D eigenvalue weighted by Crippen LogP contribution is -2.47. The molecule has 3 rings (SSSR count). The maximum Gasteiger partial charge on any atom is 0.264 e. The van der Waals surface area contributed by atoms with Gasteiger partial charge in [0, 0.05) is 12.0 Å². The van der Waals surface area contributed by atoms with Crippen molar-refractivity contribution in [3.63, 3.8) is 0 Å². The first kappa shape index (κ1) is 18.6. The second-order valence-corrected chi connectivity index (χ2v) is 5.99. The molecule has 1 aliphatic heterocycles. The number of furan rings is 1. The fourth-order valence-electron chi connectivity index (χ4n) is 2.51. The molecule has 0 saturated carbocycles. The van der Waals surface area contributed by atoms with E-state index in [1.165, 1.54) is 13.2 Å². The van der Waals surface area contributed by atoms with Crippen LogP contribution in [0.25, 0.3) is 0 Å². The fourth-order valence-corrected chi connectivity index (χ4v) is 2.51. The molecule has 0 unspecified atom stereocenters. The molecule has 1 aromatic heterocycles. The smallest absolute Gasteiger partial charge is 0.264 e. The van der Waals surface area contributed by atoms with Crippen molar-refractivity contribution in [2.24, 2.45) is 5.16 Å². The molecule has 9 heteroatoms. The SMILES string of the molecule is C[C@H](NC(=O)[C@@H]1CC(c2cc(F)ccc2F)=NO1)C(=O)NCc1ccco1. The topological polar surface area (TPSA) is 92.9 Å². The zero-order valence-corrected chi connectivity index (χ0v) is 14.4. The predicted molar refractivity (Wildman–Crippen MR) is 90.5 cm³/mol. The molecular weight excluding hydrogens is 360 g/mol. The highest BCUT2D eigenvalue weighted by atomic mass is 19.1. The van der Waals surface area contributed by atoms with Gasteiger partial charge in [0.05, 0.1) is 18.5 Å². The van der Waals surface area contributed by atoms with Gasteiger partial charge in [0.1, 0.15) is 23.4 Å². The van der Waals surface area contributed by atoms with E-state index in [0.29, 0.717) is 5.76 Å². The zero-order chi connectivity index (χ0) is 19.4. The van der Waals surface area contributed by atoms with Crippen LogP contribution in [0, 0.1) is 11.6 Å². The number of nitrogens with zero attached hydrogens (tertiary/aromatic N) is 1. The molecule has 0 saturated heterocycles. The summed E-state index contributed by atoms with van der Waals surface area (Å²) in [7, 11) is 0. The molecule has 2 amide bonds. The van der Waals surface area contributed by atoms with Gasteiger partial charge < -0.3 is 19.9 Å². The Kier molecular flexibility index (Phi) is 5.49. The average Bonchev–Trinajstić information content (AvgIpc) is 3.33. The first-order valence-electron chi connectivity index (χ1n) is 8.22. The molecule has 1 aliphatic rings. The molecule has 0 fully saturated rings. The molecule has 2 heterocycles. The highest BCUT2D eigenvalue weighted by molar-refractivity contribution is 6.04. The number of carbonyl (C=O) groups excluding carboxylic acids is 2. The zero-order valence-electron chi connectivity index (χ0n) is 14.4. The fraction of sp³-hybridized carbons (Fsp3) is 0.278. The minimum Gasteiger partial charge on any atom is -0.467 e. The summed E-state index contributed by atoms with van der Waals surface area (Å²) in [6.45, 7) is 1.70. The molecule has 0 radical (unpaired) electrons. The van der Waals surface area contributed by atoms with E-state index in [4.69, 9.17) is 9.25 Å². The Morgan fingerprint density at radius 3 is 2.89 bits per heavy atom. The van der Waals surface area contributed by atoms with Crippen LogP contribution >= 0.6 is 0 Å². The molecule has 0 spiro atoms. The summed E-state index contributed by atoms with van der Waals surface area (Å²) in [5.74, 6) is -1.69. The summed E-state index contributed by atoms with van der Waals surface area (Å²) in [6, 6.07) is 5.53. The largest absolute Gasteiger partial charge is 0.467 e. The van der Waals surface area contributed by atoms with Crippen LogP contribution in [0.1, 0.15) is 24.7 Å². The standard InChI is InChI=1S/C18H17F2N3O4/c1-10(17(24)21-9-12-3-2-6-26-12)22-18(25)16-8-15(23-27-16)13-7-11(19)4-5-14(13)20/h2-7,10,16H,8-9H2,1H3,(H,21,24)(H,22,25)/t10-,16-/m0/s1. The van der Waals surface area contributed by atoms with Crippen molar-refractivity contribution in [2.45, 2.75) is 32.0 Å². The van der Waals surface area contributed by atoms with E-state index in [0.717, 1.165) is 18.2 Å². The Morgan fingerprint density at radius 2 is 2.15 bits per heavy atom. The lowest BCUT2D eigenvalue weighted by molar-refractivity contribution is -0.135. The molecule has 2 aromatic rings. The number of nitrogens with one attached hydrogen (secondary N) is 2. The number of halogens is 2. The molecule has 2 N–H and O–H groups in total. The van der Waals surface area contributed by atoms with Crippen molar-refractivity contribution in [3.8, 4) is 0 Å². The normalized spacial score (nSPS) is 17.0. The third-order valence-corrected chi connectivity index (χ3v) is 3.97. The highest BCUT2D eigenvalue weighted by Gasteiger charge is 2.31. The lowest BCUT2D eigenvalue weighted by atomic mass is 10.0. The summed E-state index contributed by atoms with van der Waals surface area (Å²) in [6.07, 6.45) is 0.429. The van der Waals surface area contributed by atoms with Crippen molar-refractivity contribution in [3.05, 3.63) is 59.6 Å². The number of amides is 2. The minimum absolute atomic E-state index is 0.0348. The highest BCUT2D eigenvalue weighted by Crippen LogP contribution is 2.20. The molecule has 1 aromatic carbocycles. The average molecular weight is 377 g/mol. The number of benzene rings is 1. The van der Waals surface area contributed by atoms with Crippen LogP contribution in [0.4, 0.5) is 8.78 Å². The van der Waals surface area contributed by atoms with E-state index < -0.39 is 35.6 Å². The van der Waals surface area contributed by atoms with Crippen LogP contribution in [0.15, 0.2) is 46.2 Å². The van der Waals surface area contributed by atoms with E-state index in [9.17, 15) is 18.4 Å². The van der Waals surface area contributed by atoms with Gasteiger partial charge in [0.25, 0.3) is 5.91 Å². The van der Waals surface area contributed by atoms with Crippen LogP contribution in [0.5, 0.6) is 0 Å². The van der Waals surface area contributed by atoms with Gasteiger partial charge in [0.15, 0.2) is 0 Å². The number of hydrogen-bond acceptors (Lipinski definition) is 5. The van der Waals surface area contributed by atoms with Gasteiger partial charge in [-0.05, 0) is 37.3 Å². The third-order valence-electron chi connectivity index (χ3n) is 3.97. The molecular formula is C18H17F2N3O4. The monoisotopic (exact) mass is 377 g/mol. The second-order valence-electron chi connectivity index (χ2n) is 5.99. The van der Waals surface area contributed by atoms with E-state index >= 15 is 0 Å². The van der Waals surface area contributed by atoms with Crippen molar-refractivity contribution < 1.29 is 27.6 Å². The molecule has 0 aliphatic carbocycles. The predicted octanol–water partition coefficient (Wildman–Crippen LogP) is 1.87. The number of hydrogen-bond donors (Lipinski definition) is 2. The van der Waals surface area contributed by atoms with Gasteiger partial charge in [-0.25, -0.2) is 8.78 Å². The van der Waals surface area contributed by atoms with Crippen LogP contribution in [0.2, 0.25) is 0 Å². The van der Waals surface area contributed by atoms with Gasteiger partial charge in [-0.15, -0.1) is 0 Å². The quantitative estimate of drug-likeness (QED) is 0.804. The van der Waals surface area contributed by atoms with Gasteiger partial charge >= 0.3 is 0 Å². The molecule has 142 valence electrons. The maximum atomic E-state index is 13.8. The van der Waals surface area contributed by atoms with E-state index in [2.05, 4.69) is 15.8 Å². The first-order chi connectivity index (χ1) is 12.9. The van der Waals surface area contributed by atoms with Crippen molar-refractivity contribution >= 4 is 17.5 Å². The molecule has 27 heavy (non-hydrogen) atoms. The molecule has 0 bridgehead atoms. The van der Waals surface area contributed by atoms with Crippen LogP contribution in [-0.2, 0) is 21.0 Å². The van der Waals surface area contributed by atoms with E-state index in [1.54, 1.807) is 12.1 Å². The Bertz CT molecular complexity index is 867. The van der Waals surface area contributed by atoms with Crippen LogP contribution in [-0.4, -0.2) is 29.7 Å². The van der Waals surface area contributed by atoms with Crippen molar-refractivity contribution in [2.75, 3.05) is 0 Å². The van der Waals surface area contributed by atoms with Crippen molar-refractivity contribution in [1.29, 1.82) is 0 Å². The number of carbonyl (C=O) groups is 2. The van der Waals surface area contributed by atoms with Gasteiger partial charge in [-0.3, -0.25) is 9.59 Å². The Morgan fingerprint density at radius 1 is 1.33 bits per heavy atom. The Hall–Kier alpha value is -3.23. The summed E-state index contributed by atoms with van der Waals surface area (Å²) < 4.78 is 32.2. The summed E-state index contributed by atoms with van der Waals surface area (Å²) in [5.41, 5.74) is 0.0663. The summed E-state index contributed by atoms with van der Waals surface area (Å²) >= 11 is 0. The first-order valence-corrected chi connectivity index (χ1v) is 8.22. The van der Waals surface area contributed by atoms with Crippen LogP contribution < -0.4 is 10.6 Å². The minimum atomic E-state index is -1.03. The van der Waals surface area contributed by atoms with Crippen LogP contribution in [0.3, 0.4) is 0 Å². The van der Waals surface area contributed by atoms with Gasteiger partial charge in [-0.1, -0.05) is 5.16 Å². The molecule has 7 nitrogen and oxygen atoms in total. The molecule has 2 atom stereocenters. The lowest BCUT2D eigenvalue weighted by Gasteiger charge is -2.15. The maximum absolute atomic E-state index is 13.8. The summed E-state index contributed by atoms with van der Waals surface area (Å²) in [4.78, 5) is 29.3. The Labute approximate surface area is 153 Å².